The van der Waals surface area contributed by atoms with Gasteiger partial charge in [0.05, 0.1) is 17.5 Å². The molecule has 0 aliphatic heterocycles. The van der Waals surface area contributed by atoms with Crippen molar-refractivity contribution >= 4 is 22.6 Å². The molecule has 2 aromatic heterocycles. The van der Waals surface area contributed by atoms with Gasteiger partial charge in [-0.15, -0.1) is 0 Å². The van der Waals surface area contributed by atoms with Gasteiger partial charge in [-0.25, -0.2) is 4.98 Å². The first-order chi connectivity index (χ1) is 10.2. The molecule has 2 heterocycles. The predicted octanol–water partition coefficient (Wildman–Crippen LogP) is 2.42. The van der Waals surface area contributed by atoms with Crippen molar-refractivity contribution in [1.29, 1.82) is 0 Å². The number of pyridine rings is 1. The molecule has 0 aliphatic carbocycles. The van der Waals surface area contributed by atoms with Gasteiger partial charge in [-0.1, -0.05) is 12.1 Å². The number of fused-ring (bicyclic) bond motifs is 1. The van der Waals surface area contributed by atoms with Crippen LogP contribution in [0.5, 0.6) is 0 Å². The van der Waals surface area contributed by atoms with Crippen molar-refractivity contribution < 1.29 is 9.59 Å². The van der Waals surface area contributed by atoms with Crippen LogP contribution < -0.4 is 0 Å². The first-order valence-electron chi connectivity index (χ1n) is 6.54. The fraction of sp³-hybridized carbons (Fsp3) is 0.125. The van der Waals surface area contributed by atoms with Crippen molar-refractivity contribution in [3.8, 4) is 0 Å². The van der Waals surface area contributed by atoms with Crippen LogP contribution in [0.15, 0.2) is 48.8 Å². The van der Waals surface area contributed by atoms with Gasteiger partial charge in [-0.2, -0.15) is 0 Å². The summed E-state index contributed by atoms with van der Waals surface area (Å²) in [5, 5.41) is 0. The quantitative estimate of drug-likeness (QED) is 0.543. The molecule has 3 aromatic rings. The number of nitrogens with zero attached hydrogens (tertiary/aromatic N) is 3. The van der Waals surface area contributed by atoms with E-state index in [0.29, 0.717) is 11.4 Å². The van der Waals surface area contributed by atoms with Gasteiger partial charge >= 0.3 is 0 Å². The maximum absolute atomic E-state index is 12.3. The Bertz CT molecular complexity index is 822. The highest BCUT2D eigenvalue weighted by Gasteiger charge is 2.19. The Morgan fingerprint density at radius 3 is 2.48 bits per heavy atom. The zero-order chi connectivity index (χ0) is 14.8. The second-order valence-corrected chi connectivity index (χ2v) is 4.74. The van der Waals surface area contributed by atoms with Crippen LogP contribution in [0.1, 0.15) is 27.4 Å². The molecule has 0 bridgehead atoms. The molecule has 0 saturated heterocycles. The summed E-state index contributed by atoms with van der Waals surface area (Å²) in [4.78, 5) is 32.5. The number of benzene rings is 1. The van der Waals surface area contributed by atoms with Crippen molar-refractivity contribution in [2.45, 2.75) is 6.42 Å². The van der Waals surface area contributed by atoms with Gasteiger partial charge in [0.1, 0.15) is 0 Å². The van der Waals surface area contributed by atoms with Crippen LogP contribution in [0.4, 0.5) is 0 Å². The molecule has 0 saturated carbocycles. The van der Waals surface area contributed by atoms with Crippen LogP contribution in [0.25, 0.3) is 11.0 Å². The Labute approximate surface area is 121 Å². The normalized spacial score (nSPS) is 10.7. The number of Topliss-reactive ketones (excluding diaryl/α,β-unsaturated/α-hetero) is 2. The number of ketones is 2. The Balaban J connectivity index is 1.88. The minimum atomic E-state index is -0.282. The third-order valence-electron chi connectivity index (χ3n) is 3.36. The number of aromatic nitrogens is 3. The second kappa shape index (κ2) is 5.28. The molecule has 0 aliphatic rings. The summed E-state index contributed by atoms with van der Waals surface area (Å²) in [6.45, 7) is 0. The van der Waals surface area contributed by atoms with E-state index >= 15 is 0 Å². The SMILES string of the molecule is Cn1c(C(=O)CC(=O)c2ccncc2)nc2ccccc21. The van der Waals surface area contributed by atoms with Crippen molar-refractivity contribution in [1.82, 2.24) is 14.5 Å². The number of imidazole rings is 1. The van der Waals surface area contributed by atoms with Crippen LogP contribution in [0, 0.1) is 0 Å². The van der Waals surface area contributed by atoms with Crippen LogP contribution in [0.3, 0.4) is 0 Å². The van der Waals surface area contributed by atoms with Gasteiger partial charge in [0, 0.05) is 25.0 Å². The molecule has 5 heteroatoms. The van der Waals surface area contributed by atoms with Gasteiger partial charge in [0.15, 0.2) is 11.6 Å². The summed E-state index contributed by atoms with van der Waals surface area (Å²) < 4.78 is 1.72. The predicted molar refractivity (Wildman–Crippen MR) is 78.2 cm³/mol. The molecule has 1 aromatic carbocycles. The van der Waals surface area contributed by atoms with Crippen molar-refractivity contribution in [2.24, 2.45) is 7.05 Å². The summed E-state index contributed by atoms with van der Waals surface area (Å²) >= 11 is 0. The van der Waals surface area contributed by atoms with E-state index in [1.165, 1.54) is 12.4 Å². The van der Waals surface area contributed by atoms with Crippen LogP contribution >= 0.6 is 0 Å². The lowest BCUT2D eigenvalue weighted by Crippen LogP contribution is -2.13. The molecule has 21 heavy (non-hydrogen) atoms. The third-order valence-corrected chi connectivity index (χ3v) is 3.36. The average Bonchev–Trinajstić information content (AvgIpc) is 2.86. The third kappa shape index (κ3) is 2.45. The van der Waals surface area contributed by atoms with Gasteiger partial charge in [0.25, 0.3) is 0 Å². The molecule has 0 N–H and O–H groups in total. The zero-order valence-corrected chi connectivity index (χ0v) is 11.5. The van der Waals surface area contributed by atoms with E-state index in [0.717, 1.165) is 11.0 Å². The number of hydrogen-bond donors (Lipinski definition) is 0. The van der Waals surface area contributed by atoms with Gasteiger partial charge in [-0.3, -0.25) is 14.6 Å². The van der Waals surface area contributed by atoms with E-state index in [-0.39, 0.29) is 18.0 Å². The first-order valence-corrected chi connectivity index (χ1v) is 6.54. The smallest absolute Gasteiger partial charge is 0.206 e. The van der Waals surface area contributed by atoms with E-state index in [1.54, 1.807) is 23.7 Å². The summed E-state index contributed by atoms with van der Waals surface area (Å²) in [6, 6.07) is 10.7. The summed E-state index contributed by atoms with van der Waals surface area (Å²) in [5.41, 5.74) is 2.11. The van der Waals surface area contributed by atoms with Crippen LogP contribution in [-0.4, -0.2) is 26.1 Å². The molecule has 104 valence electrons. The van der Waals surface area contributed by atoms with E-state index < -0.39 is 0 Å². The molecule has 3 rings (SSSR count). The maximum Gasteiger partial charge on any atom is 0.206 e. The van der Waals surface area contributed by atoms with Crippen molar-refractivity contribution in [3.05, 3.63) is 60.2 Å². The lowest BCUT2D eigenvalue weighted by atomic mass is 10.1. The molecule has 0 atom stereocenters. The van der Waals surface area contributed by atoms with E-state index in [9.17, 15) is 9.59 Å². The standard InChI is InChI=1S/C16H13N3O2/c1-19-13-5-3-2-4-12(13)18-16(19)15(21)10-14(20)11-6-8-17-9-7-11/h2-9H,10H2,1H3. The number of para-hydroxylation sites is 2. The molecule has 0 unspecified atom stereocenters. The summed E-state index contributed by atoms with van der Waals surface area (Å²) in [6.07, 6.45) is 2.88. The maximum atomic E-state index is 12.3. The number of hydrogen-bond acceptors (Lipinski definition) is 4. The van der Waals surface area contributed by atoms with Gasteiger partial charge in [0.2, 0.25) is 5.78 Å². The number of rotatable bonds is 4. The fourth-order valence-electron chi connectivity index (χ4n) is 2.26. The van der Waals surface area contributed by atoms with Crippen molar-refractivity contribution in [3.63, 3.8) is 0 Å². The highest BCUT2D eigenvalue weighted by Crippen LogP contribution is 2.16. The Hall–Kier alpha value is -2.82. The van der Waals surface area contributed by atoms with Crippen molar-refractivity contribution in [2.75, 3.05) is 0 Å². The molecular weight excluding hydrogens is 266 g/mol. The number of carbonyl (C=O) groups excluding carboxylic acids is 2. The van der Waals surface area contributed by atoms with Gasteiger partial charge < -0.3 is 4.57 Å². The average molecular weight is 279 g/mol. The van der Waals surface area contributed by atoms with E-state index in [1.807, 2.05) is 24.3 Å². The lowest BCUT2D eigenvalue weighted by molar-refractivity contribution is 0.0887. The highest BCUT2D eigenvalue weighted by molar-refractivity contribution is 6.13. The van der Waals surface area contributed by atoms with Gasteiger partial charge in [-0.05, 0) is 24.3 Å². The molecule has 0 amide bonds. The second-order valence-electron chi connectivity index (χ2n) is 4.74. The molecule has 0 fully saturated rings. The summed E-state index contributed by atoms with van der Waals surface area (Å²) in [7, 11) is 1.78. The fourth-order valence-corrected chi connectivity index (χ4v) is 2.26. The van der Waals surface area contributed by atoms with Crippen LogP contribution in [-0.2, 0) is 7.05 Å². The van der Waals surface area contributed by atoms with Crippen LogP contribution in [0.2, 0.25) is 0 Å². The summed E-state index contributed by atoms with van der Waals surface area (Å²) in [5.74, 6) is -0.205. The van der Waals surface area contributed by atoms with E-state index in [2.05, 4.69) is 9.97 Å². The molecule has 0 spiro atoms. The number of carbonyl (C=O) groups is 2. The molecule has 0 radical (unpaired) electrons. The minimum Gasteiger partial charge on any atom is -0.325 e. The zero-order valence-electron chi connectivity index (χ0n) is 11.5. The monoisotopic (exact) mass is 279 g/mol. The topological polar surface area (TPSA) is 64.8 Å². The Morgan fingerprint density at radius 1 is 1.05 bits per heavy atom. The first kappa shape index (κ1) is 13.2. The Morgan fingerprint density at radius 2 is 1.76 bits per heavy atom. The molecular formula is C16H13N3O2. The minimum absolute atomic E-state index is 0.193. The Kier molecular flexibility index (Phi) is 3.31. The number of aryl methyl sites for hydroxylation is 1. The molecule has 5 nitrogen and oxygen atoms in total. The lowest BCUT2D eigenvalue weighted by Gasteiger charge is -2.01. The van der Waals surface area contributed by atoms with E-state index in [4.69, 9.17) is 0 Å². The largest absolute Gasteiger partial charge is 0.325 e. The highest BCUT2D eigenvalue weighted by atomic mass is 16.1.